The van der Waals surface area contributed by atoms with E-state index in [-0.39, 0.29) is 18.4 Å². The van der Waals surface area contributed by atoms with Crippen LogP contribution in [0.1, 0.15) is 16.9 Å². The zero-order valence-corrected chi connectivity index (χ0v) is 13.4. The lowest BCUT2D eigenvalue weighted by Gasteiger charge is -2.34. The molecule has 6 heteroatoms. The molecule has 0 saturated carbocycles. The van der Waals surface area contributed by atoms with Crippen LogP contribution in [0.2, 0.25) is 0 Å². The summed E-state index contributed by atoms with van der Waals surface area (Å²) in [5.41, 5.74) is 2.41. The van der Waals surface area contributed by atoms with Gasteiger partial charge in [-0.15, -0.1) is 0 Å². The van der Waals surface area contributed by atoms with E-state index in [9.17, 15) is 9.59 Å². The van der Waals surface area contributed by atoms with Gasteiger partial charge in [0, 0.05) is 23.7 Å². The number of aliphatic carboxylic acids is 1. The fraction of sp³-hybridized carbons (Fsp3) is 0.294. The monoisotopic (exact) mass is 330 g/mol. The first kappa shape index (κ1) is 15.7. The first-order chi connectivity index (χ1) is 11.1. The Kier molecular flexibility index (Phi) is 4.71. The molecule has 5 nitrogen and oxygen atoms in total. The molecule has 120 valence electrons. The van der Waals surface area contributed by atoms with Gasteiger partial charge < -0.3 is 15.0 Å². The number of aromatic nitrogens is 1. The van der Waals surface area contributed by atoms with Gasteiger partial charge in [0.1, 0.15) is 5.69 Å². The van der Waals surface area contributed by atoms with Crippen molar-refractivity contribution in [2.45, 2.75) is 12.5 Å². The number of rotatable bonds is 4. The fourth-order valence-electron chi connectivity index (χ4n) is 2.75. The summed E-state index contributed by atoms with van der Waals surface area (Å²) >= 11 is 1.70. The molecule has 1 aliphatic heterocycles. The molecule has 0 radical (unpaired) electrons. The third kappa shape index (κ3) is 3.59. The lowest BCUT2D eigenvalue weighted by Crippen LogP contribution is -2.47. The smallest absolute Gasteiger partial charge is 0.305 e. The molecule has 1 fully saturated rings. The zero-order valence-electron chi connectivity index (χ0n) is 12.6. The van der Waals surface area contributed by atoms with Gasteiger partial charge in [-0.1, -0.05) is 30.3 Å². The predicted molar refractivity (Wildman–Crippen MR) is 90.6 cm³/mol. The third-order valence-electron chi connectivity index (χ3n) is 3.90. The first-order valence-electron chi connectivity index (χ1n) is 7.50. The molecular weight excluding hydrogens is 312 g/mol. The lowest BCUT2D eigenvalue weighted by atomic mass is 10.2. The molecule has 2 aromatic rings. The summed E-state index contributed by atoms with van der Waals surface area (Å²) in [4.78, 5) is 28.6. The summed E-state index contributed by atoms with van der Waals surface area (Å²) in [6, 6.07) is 13.2. The average molecular weight is 330 g/mol. The van der Waals surface area contributed by atoms with Crippen LogP contribution in [0, 0.1) is 0 Å². The number of hydrogen-bond acceptors (Lipinski definition) is 3. The van der Waals surface area contributed by atoms with Crippen LogP contribution >= 0.6 is 11.8 Å². The molecule has 1 aromatic heterocycles. The molecule has 1 amide bonds. The molecule has 0 bridgehead atoms. The Morgan fingerprint density at radius 2 is 2.00 bits per heavy atom. The van der Waals surface area contributed by atoms with Crippen LogP contribution in [-0.2, 0) is 4.79 Å². The normalized spacial score (nSPS) is 17.9. The van der Waals surface area contributed by atoms with E-state index in [4.69, 9.17) is 5.11 Å². The molecule has 1 unspecified atom stereocenters. The molecule has 3 rings (SSSR count). The highest BCUT2D eigenvalue weighted by molar-refractivity contribution is 7.99. The number of carboxylic acid groups (broad SMARTS) is 1. The van der Waals surface area contributed by atoms with Gasteiger partial charge in [-0.25, -0.2) is 0 Å². The summed E-state index contributed by atoms with van der Waals surface area (Å²) in [5, 5.41) is 9.03. The first-order valence-corrected chi connectivity index (χ1v) is 8.65. The van der Waals surface area contributed by atoms with Gasteiger partial charge >= 0.3 is 5.97 Å². The molecule has 1 saturated heterocycles. The number of carbonyl (C=O) groups excluding carboxylic acids is 1. The predicted octanol–water partition coefficient (Wildman–Crippen LogP) is 2.71. The van der Waals surface area contributed by atoms with Gasteiger partial charge in [0.05, 0.1) is 12.5 Å². The fourth-order valence-corrected chi connectivity index (χ4v) is 3.82. The number of carbonyl (C=O) groups is 2. The Morgan fingerprint density at radius 3 is 2.74 bits per heavy atom. The summed E-state index contributed by atoms with van der Waals surface area (Å²) in [6.45, 7) is 0.584. The second kappa shape index (κ2) is 6.91. The minimum Gasteiger partial charge on any atom is -0.481 e. The van der Waals surface area contributed by atoms with Crippen molar-refractivity contribution in [1.82, 2.24) is 9.88 Å². The van der Waals surface area contributed by atoms with Gasteiger partial charge in [0.25, 0.3) is 5.91 Å². The standard InChI is InChI=1S/C17H18N2O3S/c20-16(21)10-13-11-23-9-8-19(13)17(22)15-7-6-14(18-15)12-4-2-1-3-5-12/h1-7,13,18H,8-11H2,(H,20,21). The number of carboxylic acids is 1. The largest absolute Gasteiger partial charge is 0.481 e. The summed E-state index contributed by atoms with van der Waals surface area (Å²) in [5.74, 6) is 0.517. The topological polar surface area (TPSA) is 73.4 Å². The van der Waals surface area contributed by atoms with Crippen molar-refractivity contribution in [2.75, 3.05) is 18.1 Å². The van der Waals surface area contributed by atoms with E-state index in [0.29, 0.717) is 18.0 Å². The maximum absolute atomic E-state index is 12.7. The quantitative estimate of drug-likeness (QED) is 0.904. The van der Waals surface area contributed by atoms with Crippen molar-refractivity contribution in [3.8, 4) is 11.3 Å². The Balaban J connectivity index is 1.79. The van der Waals surface area contributed by atoms with Crippen LogP contribution in [0.4, 0.5) is 0 Å². The molecule has 1 atom stereocenters. The number of nitrogens with one attached hydrogen (secondary N) is 1. The number of benzene rings is 1. The van der Waals surface area contributed by atoms with Crippen LogP contribution in [0.5, 0.6) is 0 Å². The molecule has 2 N–H and O–H groups in total. The number of hydrogen-bond donors (Lipinski definition) is 2. The molecule has 2 heterocycles. The van der Waals surface area contributed by atoms with Crippen molar-refractivity contribution in [2.24, 2.45) is 0 Å². The second-order valence-electron chi connectivity index (χ2n) is 5.48. The summed E-state index contributed by atoms with van der Waals surface area (Å²) in [6.07, 6.45) is -0.00894. The van der Waals surface area contributed by atoms with Crippen LogP contribution in [-0.4, -0.2) is 51.0 Å². The van der Waals surface area contributed by atoms with Gasteiger partial charge in [-0.3, -0.25) is 9.59 Å². The highest BCUT2D eigenvalue weighted by Gasteiger charge is 2.30. The number of H-pyrrole nitrogens is 1. The van der Waals surface area contributed by atoms with Crippen LogP contribution in [0.15, 0.2) is 42.5 Å². The van der Waals surface area contributed by atoms with Crippen molar-refractivity contribution in [3.63, 3.8) is 0 Å². The van der Waals surface area contributed by atoms with E-state index >= 15 is 0 Å². The van der Waals surface area contributed by atoms with Crippen LogP contribution in [0.3, 0.4) is 0 Å². The Morgan fingerprint density at radius 1 is 1.22 bits per heavy atom. The highest BCUT2D eigenvalue weighted by Crippen LogP contribution is 2.23. The van der Waals surface area contributed by atoms with E-state index in [0.717, 1.165) is 17.0 Å². The van der Waals surface area contributed by atoms with Gasteiger partial charge in [-0.05, 0) is 17.7 Å². The molecule has 1 aliphatic rings. The summed E-state index contributed by atoms with van der Waals surface area (Å²) < 4.78 is 0. The van der Waals surface area contributed by atoms with Crippen molar-refractivity contribution >= 4 is 23.6 Å². The van der Waals surface area contributed by atoms with Crippen molar-refractivity contribution in [3.05, 3.63) is 48.2 Å². The van der Waals surface area contributed by atoms with Crippen molar-refractivity contribution < 1.29 is 14.7 Å². The second-order valence-corrected chi connectivity index (χ2v) is 6.63. The van der Waals surface area contributed by atoms with E-state index in [1.165, 1.54) is 0 Å². The van der Waals surface area contributed by atoms with Crippen LogP contribution < -0.4 is 0 Å². The minimum absolute atomic E-state index is 0.00894. The molecule has 23 heavy (non-hydrogen) atoms. The number of amides is 1. The zero-order chi connectivity index (χ0) is 16.2. The van der Waals surface area contributed by atoms with Crippen molar-refractivity contribution in [1.29, 1.82) is 0 Å². The number of aromatic amines is 1. The van der Waals surface area contributed by atoms with E-state index in [1.54, 1.807) is 22.7 Å². The van der Waals surface area contributed by atoms with Gasteiger partial charge in [0.15, 0.2) is 0 Å². The molecule has 0 spiro atoms. The maximum atomic E-state index is 12.7. The lowest BCUT2D eigenvalue weighted by molar-refractivity contribution is -0.138. The SMILES string of the molecule is O=C(O)CC1CSCCN1C(=O)c1ccc(-c2ccccc2)[nH]1. The molecule has 1 aromatic carbocycles. The summed E-state index contributed by atoms with van der Waals surface area (Å²) in [7, 11) is 0. The highest BCUT2D eigenvalue weighted by atomic mass is 32.2. The van der Waals surface area contributed by atoms with E-state index in [2.05, 4.69) is 4.98 Å². The average Bonchev–Trinajstić information content (AvgIpc) is 3.05. The van der Waals surface area contributed by atoms with E-state index in [1.807, 2.05) is 36.4 Å². The van der Waals surface area contributed by atoms with E-state index < -0.39 is 5.97 Å². The third-order valence-corrected chi connectivity index (χ3v) is 4.99. The maximum Gasteiger partial charge on any atom is 0.305 e. The minimum atomic E-state index is -0.869. The molecule has 0 aliphatic carbocycles. The number of nitrogens with zero attached hydrogens (tertiary/aromatic N) is 1. The number of thioether (sulfide) groups is 1. The van der Waals surface area contributed by atoms with Gasteiger partial charge in [0.2, 0.25) is 0 Å². The van der Waals surface area contributed by atoms with Gasteiger partial charge in [-0.2, -0.15) is 11.8 Å². The Labute approximate surface area is 138 Å². The molecular formula is C17H18N2O3S. The van der Waals surface area contributed by atoms with Crippen LogP contribution in [0.25, 0.3) is 11.3 Å². The Bertz CT molecular complexity index is 699. The Hall–Kier alpha value is -2.21.